The maximum Gasteiger partial charge on any atom is 0.297 e. The van der Waals surface area contributed by atoms with Crippen molar-refractivity contribution in [1.29, 1.82) is 0 Å². The van der Waals surface area contributed by atoms with E-state index in [2.05, 4.69) is 4.18 Å². The molecule has 0 aliphatic rings. The highest BCUT2D eigenvalue weighted by Gasteiger charge is 2.17. The second-order valence-corrected chi connectivity index (χ2v) is 5.70. The Balaban J connectivity index is 2.27. The normalized spacial score (nSPS) is 13.6. The lowest BCUT2D eigenvalue weighted by Crippen LogP contribution is -2.22. The van der Waals surface area contributed by atoms with E-state index in [9.17, 15) is 8.42 Å². The third-order valence-electron chi connectivity index (χ3n) is 2.64. The first-order valence-electron chi connectivity index (χ1n) is 5.70. The van der Waals surface area contributed by atoms with E-state index >= 15 is 0 Å². The van der Waals surface area contributed by atoms with Crippen LogP contribution in [0.25, 0.3) is 10.8 Å². The van der Waals surface area contributed by atoms with Crippen LogP contribution < -0.4 is 0 Å². The zero-order valence-corrected chi connectivity index (χ0v) is 10.9. The van der Waals surface area contributed by atoms with Gasteiger partial charge in [-0.3, -0.25) is 4.18 Å². The van der Waals surface area contributed by atoms with Crippen molar-refractivity contribution in [1.82, 2.24) is 0 Å². The first-order valence-corrected chi connectivity index (χ1v) is 7.11. The lowest BCUT2D eigenvalue weighted by atomic mass is 10.1. The number of rotatable bonds is 5. The van der Waals surface area contributed by atoms with Gasteiger partial charge >= 0.3 is 0 Å². The Labute approximate surface area is 111 Å². The summed E-state index contributed by atoms with van der Waals surface area (Å²) in [6, 6.07) is 12.0. The van der Waals surface area contributed by atoms with E-state index in [1.165, 1.54) is 12.1 Å². The van der Waals surface area contributed by atoms with Crippen LogP contribution >= 0.6 is 0 Å². The molecule has 6 heteroatoms. The van der Waals surface area contributed by atoms with Crippen LogP contribution in [0.3, 0.4) is 0 Å². The molecule has 2 aromatic carbocycles. The van der Waals surface area contributed by atoms with Crippen molar-refractivity contribution < 1.29 is 22.8 Å². The van der Waals surface area contributed by atoms with Crippen LogP contribution in [0.4, 0.5) is 0 Å². The van der Waals surface area contributed by atoms with Crippen molar-refractivity contribution in [3.8, 4) is 0 Å². The molecular formula is C13H14O5S. The molecule has 0 spiro atoms. The van der Waals surface area contributed by atoms with Crippen LogP contribution in [0.5, 0.6) is 0 Å². The van der Waals surface area contributed by atoms with E-state index in [1.807, 2.05) is 18.2 Å². The Morgan fingerprint density at radius 3 is 2.47 bits per heavy atom. The molecule has 102 valence electrons. The number of hydrogen-bond donors (Lipinski definition) is 2. The van der Waals surface area contributed by atoms with Gasteiger partial charge in [0.25, 0.3) is 10.1 Å². The number of benzene rings is 2. The molecule has 2 rings (SSSR count). The maximum atomic E-state index is 11.9. The van der Waals surface area contributed by atoms with Gasteiger partial charge in [0.05, 0.1) is 18.1 Å². The summed E-state index contributed by atoms with van der Waals surface area (Å²) in [6.45, 7) is -1.01. The summed E-state index contributed by atoms with van der Waals surface area (Å²) in [7, 11) is -3.93. The van der Waals surface area contributed by atoms with E-state index in [1.54, 1.807) is 12.1 Å². The predicted octanol–water partition coefficient (Wildman–Crippen LogP) is 0.898. The molecular weight excluding hydrogens is 268 g/mol. The summed E-state index contributed by atoms with van der Waals surface area (Å²) in [4.78, 5) is 0.0244. The summed E-state index contributed by atoms with van der Waals surface area (Å²) < 4.78 is 28.4. The van der Waals surface area contributed by atoms with Crippen molar-refractivity contribution in [2.24, 2.45) is 0 Å². The second kappa shape index (κ2) is 5.66. The topological polar surface area (TPSA) is 83.8 Å². The molecule has 2 aromatic rings. The number of hydrogen-bond acceptors (Lipinski definition) is 5. The molecule has 0 bridgehead atoms. The Kier molecular flexibility index (Phi) is 4.16. The van der Waals surface area contributed by atoms with Gasteiger partial charge in [0, 0.05) is 0 Å². The van der Waals surface area contributed by atoms with Gasteiger partial charge in [0.2, 0.25) is 0 Å². The molecule has 0 radical (unpaired) electrons. The van der Waals surface area contributed by atoms with Crippen LogP contribution in [0.15, 0.2) is 47.4 Å². The molecule has 1 atom stereocenters. The molecule has 1 unspecified atom stereocenters. The summed E-state index contributed by atoms with van der Waals surface area (Å²) in [5.41, 5.74) is 0. The highest BCUT2D eigenvalue weighted by atomic mass is 32.2. The maximum absolute atomic E-state index is 11.9. The lowest BCUT2D eigenvalue weighted by Gasteiger charge is -2.09. The Hall–Kier alpha value is -1.47. The number of aliphatic hydroxyl groups excluding tert-OH is 2. The van der Waals surface area contributed by atoms with Crippen molar-refractivity contribution in [3.63, 3.8) is 0 Å². The lowest BCUT2D eigenvalue weighted by molar-refractivity contribution is 0.0557. The van der Waals surface area contributed by atoms with E-state index in [0.29, 0.717) is 0 Å². The molecule has 0 fully saturated rings. The van der Waals surface area contributed by atoms with Gasteiger partial charge in [-0.25, -0.2) is 0 Å². The zero-order valence-electron chi connectivity index (χ0n) is 10.1. The number of aliphatic hydroxyl groups is 2. The largest absolute Gasteiger partial charge is 0.394 e. The molecule has 5 nitrogen and oxygen atoms in total. The highest BCUT2D eigenvalue weighted by Crippen LogP contribution is 2.20. The highest BCUT2D eigenvalue weighted by molar-refractivity contribution is 7.86. The molecule has 0 heterocycles. The fourth-order valence-electron chi connectivity index (χ4n) is 1.61. The minimum absolute atomic E-state index is 0.0244. The molecule has 0 amide bonds. The van der Waals surface area contributed by atoms with Crippen molar-refractivity contribution in [2.75, 3.05) is 13.2 Å². The summed E-state index contributed by atoms with van der Waals surface area (Å²) in [5, 5.41) is 19.4. The van der Waals surface area contributed by atoms with Crippen LogP contribution in [-0.2, 0) is 14.3 Å². The third-order valence-corrected chi connectivity index (χ3v) is 3.91. The van der Waals surface area contributed by atoms with Gasteiger partial charge in [-0.1, -0.05) is 30.3 Å². The van der Waals surface area contributed by atoms with Crippen LogP contribution in [0, 0.1) is 0 Å². The van der Waals surface area contributed by atoms with Gasteiger partial charge in [-0.05, 0) is 22.9 Å². The van der Waals surface area contributed by atoms with Crippen molar-refractivity contribution >= 4 is 20.9 Å². The number of fused-ring (bicyclic) bond motifs is 1. The molecule has 0 saturated heterocycles. The quantitative estimate of drug-likeness (QED) is 0.796. The van der Waals surface area contributed by atoms with Crippen molar-refractivity contribution in [3.05, 3.63) is 42.5 Å². The fraction of sp³-hybridized carbons (Fsp3) is 0.231. The molecule has 0 saturated carbocycles. The monoisotopic (exact) mass is 282 g/mol. The van der Waals surface area contributed by atoms with E-state index in [-0.39, 0.29) is 4.90 Å². The molecule has 0 aliphatic carbocycles. The van der Waals surface area contributed by atoms with Crippen LogP contribution in [0.1, 0.15) is 0 Å². The summed E-state index contributed by atoms with van der Waals surface area (Å²) in [6.07, 6.45) is -1.21. The first-order chi connectivity index (χ1) is 9.03. The van der Waals surface area contributed by atoms with Crippen LogP contribution in [-0.4, -0.2) is 37.9 Å². The average molecular weight is 282 g/mol. The summed E-state index contributed by atoms with van der Waals surface area (Å²) in [5.74, 6) is 0. The Bertz CT molecular complexity index is 666. The average Bonchev–Trinajstić information content (AvgIpc) is 2.44. The summed E-state index contributed by atoms with van der Waals surface area (Å²) >= 11 is 0. The smallest absolute Gasteiger partial charge is 0.297 e. The minimum atomic E-state index is -3.93. The van der Waals surface area contributed by atoms with E-state index in [0.717, 1.165) is 10.8 Å². The van der Waals surface area contributed by atoms with Gasteiger partial charge < -0.3 is 10.2 Å². The van der Waals surface area contributed by atoms with Gasteiger partial charge in [0.15, 0.2) is 0 Å². The van der Waals surface area contributed by atoms with Crippen molar-refractivity contribution in [2.45, 2.75) is 11.0 Å². The zero-order chi connectivity index (χ0) is 13.9. The minimum Gasteiger partial charge on any atom is -0.394 e. The SMILES string of the molecule is O=S(=O)(OCC(O)CO)c1ccc2ccccc2c1. The van der Waals surface area contributed by atoms with E-state index in [4.69, 9.17) is 10.2 Å². The standard InChI is InChI=1S/C13H14O5S/c14-8-12(15)9-18-19(16,17)13-6-5-10-3-1-2-4-11(10)7-13/h1-7,12,14-15H,8-9H2. The Morgan fingerprint density at radius 2 is 1.79 bits per heavy atom. The molecule has 2 N–H and O–H groups in total. The Morgan fingerprint density at radius 1 is 1.11 bits per heavy atom. The predicted molar refractivity (Wildman–Crippen MR) is 70.2 cm³/mol. The van der Waals surface area contributed by atoms with Gasteiger partial charge in [-0.15, -0.1) is 0 Å². The second-order valence-electron chi connectivity index (χ2n) is 4.08. The molecule has 19 heavy (non-hydrogen) atoms. The van der Waals surface area contributed by atoms with Gasteiger partial charge in [0.1, 0.15) is 6.10 Å². The van der Waals surface area contributed by atoms with E-state index < -0.39 is 29.4 Å². The fourth-order valence-corrected chi connectivity index (χ4v) is 2.59. The molecule has 0 aliphatic heterocycles. The van der Waals surface area contributed by atoms with Crippen LogP contribution in [0.2, 0.25) is 0 Å². The molecule has 0 aromatic heterocycles. The van der Waals surface area contributed by atoms with Gasteiger partial charge in [-0.2, -0.15) is 8.42 Å². The first kappa shape index (κ1) is 14.0. The third kappa shape index (κ3) is 3.30.